The van der Waals surface area contributed by atoms with E-state index >= 15 is 0 Å². The molecule has 1 aromatic heterocycles. The zero-order chi connectivity index (χ0) is 24.7. The Balaban J connectivity index is 1.49. The molecule has 3 heterocycles. The van der Waals surface area contributed by atoms with E-state index in [1.54, 1.807) is 12.0 Å². The second kappa shape index (κ2) is 9.31. The van der Waals surface area contributed by atoms with Crippen LogP contribution in [-0.4, -0.2) is 73.0 Å². The standard InChI is InChI=1S/C27H31N5O3/c1-17-15-31(10-11-32(17)24(33)9-12-35-3)26-19(14-28)13-22(25(29-26)18-7-8-18)20-5-4-6-21-23(20)16-30(2)27(21)34/h4-6,13,17-18H,7-12,15-16H2,1-3H3/t17-/m1/s1. The predicted octanol–water partition coefficient (Wildman–Crippen LogP) is 3.16. The van der Waals surface area contributed by atoms with Gasteiger partial charge in [-0.15, -0.1) is 0 Å². The molecule has 3 aliphatic rings. The highest BCUT2D eigenvalue weighted by atomic mass is 16.5. The van der Waals surface area contributed by atoms with Crippen LogP contribution in [0.4, 0.5) is 5.82 Å². The van der Waals surface area contributed by atoms with Crippen LogP contribution in [0.3, 0.4) is 0 Å². The lowest BCUT2D eigenvalue weighted by atomic mass is 9.93. The summed E-state index contributed by atoms with van der Waals surface area (Å²) in [7, 11) is 3.42. The number of pyridine rings is 1. The maximum atomic E-state index is 12.6. The lowest BCUT2D eigenvalue weighted by molar-refractivity contribution is -0.134. The molecule has 2 fully saturated rings. The van der Waals surface area contributed by atoms with Gasteiger partial charge >= 0.3 is 0 Å². The summed E-state index contributed by atoms with van der Waals surface area (Å²) < 4.78 is 5.06. The molecule has 2 aromatic rings. The Labute approximate surface area is 206 Å². The third-order valence-electron chi connectivity index (χ3n) is 7.32. The van der Waals surface area contributed by atoms with Gasteiger partial charge in [-0.1, -0.05) is 12.1 Å². The van der Waals surface area contributed by atoms with Crippen molar-refractivity contribution >= 4 is 17.6 Å². The molecule has 1 atom stereocenters. The molecule has 0 radical (unpaired) electrons. The fourth-order valence-electron chi connectivity index (χ4n) is 5.30. The highest BCUT2D eigenvalue weighted by Crippen LogP contribution is 2.46. The van der Waals surface area contributed by atoms with E-state index in [1.165, 1.54) is 0 Å². The van der Waals surface area contributed by atoms with Crippen molar-refractivity contribution in [2.24, 2.45) is 0 Å². The Morgan fingerprint density at radius 1 is 1.23 bits per heavy atom. The summed E-state index contributed by atoms with van der Waals surface area (Å²) in [5, 5.41) is 10.1. The minimum absolute atomic E-state index is 0.0180. The average Bonchev–Trinajstić information content (AvgIpc) is 3.67. The van der Waals surface area contributed by atoms with E-state index in [1.807, 2.05) is 43.1 Å². The zero-order valence-corrected chi connectivity index (χ0v) is 20.6. The Morgan fingerprint density at radius 3 is 2.69 bits per heavy atom. The molecule has 0 unspecified atom stereocenters. The van der Waals surface area contributed by atoms with Crippen molar-refractivity contribution in [1.82, 2.24) is 14.8 Å². The SMILES string of the molecule is COCCC(=O)N1CCN(c2nc(C3CC3)c(-c3cccc4c3CN(C)C4=O)cc2C#N)C[C@H]1C. The number of nitriles is 1. The van der Waals surface area contributed by atoms with Crippen LogP contribution in [0.1, 0.15) is 59.3 Å². The van der Waals surface area contributed by atoms with E-state index in [0.717, 1.165) is 40.8 Å². The molecule has 2 aliphatic heterocycles. The van der Waals surface area contributed by atoms with Crippen LogP contribution in [0.5, 0.6) is 0 Å². The number of carbonyl (C=O) groups excluding carboxylic acids is 2. The summed E-state index contributed by atoms with van der Waals surface area (Å²) in [6, 6.07) is 10.2. The molecule has 1 saturated heterocycles. The van der Waals surface area contributed by atoms with Gasteiger partial charge in [-0.2, -0.15) is 5.26 Å². The molecule has 0 bridgehead atoms. The Kier molecular flexibility index (Phi) is 6.20. The molecule has 35 heavy (non-hydrogen) atoms. The van der Waals surface area contributed by atoms with E-state index in [0.29, 0.717) is 56.5 Å². The van der Waals surface area contributed by atoms with E-state index in [4.69, 9.17) is 9.72 Å². The van der Waals surface area contributed by atoms with Crippen molar-refractivity contribution < 1.29 is 14.3 Å². The van der Waals surface area contributed by atoms with Crippen LogP contribution < -0.4 is 4.90 Å². The van der Waals surface area contributed by atoms with Gasteiger partial charge in [-0.05, 0) is 43.0 Å². The highest BCUT2D eigenvalue weighted by molar-refractivity contribution is 6.00. The summed E-state index contributed by atoms with van der Waals surface area (Å²) in [5.41, 5.74) is 5.26. The first-order valence-electron chi connectivity index (χ1n) is 12.3. The topological polar surface area (TPSA) is 89.8 Å². The number of hydrogen-bond donors (Lipinski definition) is 0. The van der Waals surface area contributed by atoms with Crippen LogP contribution >= 0.6 is 0 Å². The molecule has 5 rings (SSSR count). The number of carbonyl (C=O) groups is 2. The van der Waals surface area contributed by atoms with Gasteiger partial charge in [0.1, 0.15) is 11.9 Å². The monoisotopic (exact) mass is 473 g/mol. The summed E-state index contributed by atoms with van der Waals surface area (Å²) in [5.74, 6) is 1.21. The van der Waals surface area contributed by atoms with Crippen molar-refractivity contribution in [2.45, 2.75) is 44.7 Å². The molecule has 0 N–H and O–H groups in total. The van der Waals surface area contributed by atoms with Crippen LogP contribution in [0, 0.1) is 11.3 Å². The maximum Gasteiger partial charge on any atom is 0.254 e. The molecule has 8 heteroatoms. The lowest BCUT2D eigenvalue weighted by Crippen LogP contribution is -2.54. The quantitative estimate of drug-likeness (QED) is 0.640. The first-order valence-corrected chi connectivity index (χ1v) is 12.3. The fraction of sp³-hybridized carbons (Fsp3) is 0.481. The third kappa shape index (κ3) is 4.25. The van der Waals surface area contributed by atoms with E-state index in [2.05, 4.69) is 11.0 Å². The minimum Gasteiger partial charge on any atom is -0.384 e. The molecule has 182 valence electrons. The number of methoxy groups -OCH3 is 1. The molecule has 1 aromatic carbocycles. The number of fused-ring (bicyclic) bond motifs is 1. The average molecular weight is 474 g/mol. The van der Waals surface area contributed by atoms with Crippen LogP contribution in [0.25, 0.3) is 11.1 Å². The van der Waals surface area contributed by atoms with Gasteiger partial charge in [0.15, 0.2) is 0 Å². The van der Waals surface area contributed by atoms with Crippen molar-refractivity contribution in [3.8, 4) is 17.2 Å². The number of amides is 2. The fourth-order valence-corrected chi connectivity index (χ4v) is 5.30. The molecule has 2 amide bonds. The van der Waals surface area contributed by atoms with E-state index in [-0.39, 0.29) is 17.9 Å². The highest BCUT2D eigenvalue weighted by Gasteiger charge is 2.35. The number of benzene rings is 1. The van der Waals surface area contributed by atoms with Gasteiger partial charge in [0.05, 0.1) is 24.3 Å². The molecule has 8 nitrogen and oxygen atoms in total. The largest absolute Gasteiger partial charge is 0.384 e. The molecule has 1 saturated carbocycles. The molecule has 0 spiro atoms. The number of anilines is 1. The smallest absolute Gasteiger partial charge is 0.254 e. The minimum atomic E-state index is 0.0180. The summed E-state index contributed by atoms with van der Waals surface area (Å²) in [4.78, 5) is 36.0. The third-order valence-corrected chi connectivity index (χ3v) is 7.32. The lowest BCUT2D eigenvalue weighted by Gasteiger charge is -2.41. The van der Waals surface area contributed by atoms with Crippen molar-refractivity contribution in [2.75, 3.05) is 45.3 Å². The van der Waals surface area contributed by atoms with E-state index < -0.39 is 0 Å². The van der Waals surface area contributed by atoms with Gasteiger partial charge in [0, 0.05) is 63.4 Å². The number of nitrogens with zero attached hydrogens (tertiary/aromatic N) is 5. The van der Waals surface area contributed by atoms with Gasteiger partial charge < -0.3 is 19.4 Å². The number of aromatic nitrogens is 1. The van der Waals surface area contributed by atoms with Gasteiger partial charge in [-0.3, -0.25) is 9.59 Å². The Hall–Kier alpha value is -3.44. The number of ether oxygens (including phenoxy) is 1. The number of hydrogen-bond acceptors (Lipinski definition) is 6. The normalized spacial score (nSPS) is 19.7. The first kappa shape index (κ1) is 23.3. The zero-order valence-electron chi connectivity index (χ0n) is 20.6. The molecular weight excluding hydrogens is 442 g/mol. The Morgan fingerprint density at radius 2 is 2.00 bits per heavy atom. The van der Waals surface area contributed by atoms with Crippen LogP contribution in [-0.2, 0) is 16.1 Å². The van der Waals surface area contributed by atoms with Gasteiger partial charge in [-0.25, -0.2) is 4.98 Å². The van der Waals surface area contributed by atoms with Crippen molar-refractivity contribution in [1.29, 1.82) is 5.26 Å². The van der Waals surface area contributed by atoms with Crippen LogP contribution in [0.2, 0.25) is 0 Å². The predicted molar refractivity (Wildman–Crippen MR) is 132 cm³/mol. The second-order valence-electron chi connectivity index (χ2n) is 9.80. The number of piperazine rings is 1. The van der Waals surface area contributed by atoms with Crippen LogP contribution in [0.15, 0.2) is 24.3 Å². The number of rotatable bonds is 6. The first-order chi connectivity index (χ1) is 16.9. The Bertz CT molecular complexity index is 1220. The van der Waals surface area contributed by atoms with E-state index in [9.17, 15) is 14.9 Å². The summed E-state index contributed by atoms with van der Waals surface area (Å²) >= 11 is 0. The molecule has 1 aliphatic carbocycles. The van der Waals surface area contributed by atoms with Crippen molar-refractivity contribution in [3.63, 3.8) is 0 Å². The van der Waals surface area contributed by atoms with Crippen molar-refractivity contribution in [3.05, 3.63) is 46.6 Å². The maximum absolute atomic E-state index is 12.6. The summed E-state index contributed by atoms with van der Waals surface area (Å²) in [6.45, 7) is 4.88. The molecular formula is C27H31N5O3. The summed E-state index contributed by atoms with van der Waals surface area (Å²) in [6.07, 6.45) is 2.54. The van der Waals surface area contributed by atoms with Gasteiger partial charge in [0.2, 0.25) is 5.91 Å². The van der Waals surface area contributed by atoms with Gasteiger partial charge in [0.25, 0.3) is 5.91 Å². The second-order valence-corrected chi connectivity index (χ2v) is 9.80.